The largest absolute Gasteiger partial charge is 0.394 e. The van der Waals surface area contributed by atoms with E-state index in [4.69, 9.17) is 5.11 Å². The summed E-state index contributed by atoms with van der Waals surface area (Å²) in [6.45, 7) is 3.28. The van der Waals surface area contributed by atoms with Crippen LogP contribution in [-0.4, -0.2) is 26.7 Å². The van der Waals surface area contributed by atoms with Gasteiger partial charge < -0.3 is 10.4 Å². The van der Waals surface area contributed by atoms with E-state index in [2.05, 4.69) is 57.3 Å². The highest BCUT2D eigenvalue weighted by atomic mass is 127. The van der Waals surface area contributed by atoms with Crippen LogP contribution in [0.4, 0.5) is 5.69 Å². The first-order valence-electron chi connectivity index (χ1n) is 5.69. The molecule has 0 bridgehead atoms. The van der Waals surface area contributed by atoms with Crippen molar-refractivity contribution in [1.82, 2.24) is 15.0 Å². The Morgan fingerprint density at radius 1 is 1.44 bits per heavy atom. The molecule has 5 nitrogen and oxygen atoms in total. The van der Waals surface area contributed by atoms with E-state index in [0.717, 1.165) is 11.4 Å². The van der Waals surface area contributed by atoms with Crippen molar-refractivity contribution in [1.29, 1.82) is 0 Å². The van der Waals surface area contributed by atoms with Gasteiger partial charge in [0.1, 0.15) is 5.69 Å². The molecule has 96 valence electrons. The van der Waals surface area contributed by atoms with Gasteiger partial charge in [-0.05, 0) is 47.2 Å². The third-order valence-corrected chi connectivity index (χ3v) is 3.81. The van der Waals surface area contributed by atoms with E-state index in [1.54, 1.807) is 4.68 Å². The molecule has 0 aliphatic carbocycles. The van der Waals surface area contributed by atoms with Gasteiger partial charge >= 0.3 is 0 Å². The van der Waals surface area contributed by atoms with Gasteiger partial charge in [0.15, 0.2) is 0 Å². The van der Waals surface area contributed by atoms with Crippen LogP contribution in [0.5, 0.6) is 0 Å². The van der Waals surface area contributed by atoms with Crippen LogP contribution in [-0.2, 0) is 13.1 Å². The quantitative estimate of drug-likeness (QED) is 0.801. The zero-order valence-electron chi connectivity index (χ0n) is 10.1. The molecule has 2 rings (SSSR count). The van der Waals surface area contributed by atoms with Crippen LogP contribution >= 0.6 is 22.6 Å². The van der Waals surface area contributed by atoms with E-state index in [9.17, 15) is 0 Å². The highest BCUT2D eigenvalue weighted by molar-refractivity contribution is 14.1. The summed E-state index contributed by atoms with van der Waals surface area (Å²) < 4.78 is 2.88. The maximum Gasteiger partial charge on any atom is 0.102 e. The lowest BCUT2D eigenvalue weighted by atomic mass is 10.2. The number of nitrogens with zero attached hydrogens (tertiary/aromatic N) is 3. The van der Waals surface area contributed by atoms with Gasteiger partial charge in [-0.1, -0.05) is 11.3 Å². The minimum Gasteiger partial charge on any atom is -0.394 e. The van der Waals surface area contributed by atoms with Gasteiger partial charge in [-0.3, -0.25) is 0 Å². The van der Waals surface area contributed by atoms with Gasteiger partial charge in [0.2, 0.25) is 0 Å². The second kappa shape index (κ2) is 6.14. The molecule has 2 aromatic rings. The number of aliphatic hydroxyl groups is 1. The molecular weight excluding hydrogens is 343 g/mol. The third-order valence-electron chi connectivity index (χ3n) is 2.64. The zero-order chi connectivity index (χ0) is 13.0. The normalized spacial score (nSPS) is 10.6. The van der Waals surface area contributed by atoms with Gasteiger partial charge in [-0.15, -0.1) is 5.10 Å². The molecule has 1 aromatic heterocycles. The number of hydrogen-bond donors (Lipinski definition) is 2. The second-order valence-corrected chi connectivity index (χ2v) is 5.12. The molecule has 2 N–H and O–H groups in total. The van der Waals surface area contributed by atoms with Gasteiger partial charge in [-0.25, -0.2) is 4.68 Å². The average Bonchev–Trinajstić information content (AvgIpc) is 2.79. The molecule has 0 aliphatic rings. The Morgan fingerprint density at radius 2 is 2.28 bits per heavy atom. The van der Waals surface area contributed by atoms with Crippen LogP contribution in [0.25, 0.3) is 0 Å². The van der Waals surface area contributed by atoms with Crippen LogP contribution in [0, 0.1) is 10.5 Å². The van der Waals surface area contributed by atoms with Crippen molar-refractivity contribution in [3.8, 4) is 0 Å². The summed E-state index contributed by atoms with van der Waals surface area (Å²) >= 11 is 2.32. The lowest BCUT2D eigenvalue weighted by Crippen LogP contribution is -2.03. The van der Waals surface area contributed by atoms with E-state index < -0.39 is 0 Å². The third kappa shape index (κ3) is 3.20. The lowest BCUT2D eigenvalue weighted by Gasteiger charge is -2.09. The molecule has 0 radical (unpaired) electrons. The molecule has 1 heterocycles. The Morgan fingerprint density at radius 3 is 3.06 bits per heavy atom. The van der Waals surface area contributed by atoms with E-state index >= 15 is 0 Å². The monoisotopic (exact) mass is 358 g/mol. The molecular formula is C12H15IN4O. The van der Waals surface area contributed by atoms with Crippen molar-refractivity contribution in [2.75, 3.05) is 11.9 Å². The number of hydrogen-bond acceptors (Lipinski definition) is 4. The van der Waals surface area contributed by atoms with E-state index in [-0.39, 0.29) is 6.61 Å². The Bertz CT molecular complexity index is 527. The first kappa shape index (κ1) is 13.3. The fraction of sp³-hybridized carbons (Fsp3) is 0.333. The van der Waals surface area contributed by atoms with Crippen LogP contribution in [0.15, 0.2) is 24.4 Å². The second-order valence-electron chi connectivity index (χ2n) is 3.96. The van der Waals surface area contributed by atoms with Crippen molar-refractivity contribution >= 4 is 28.3 Å². The summed E-state index contributed by atoms with van der Waals surface area (Å²) in [5, 5.41) is 20.1. The minimum absolute atomic E-state index is 0.0756. The summed E-state index contributed by atoms with van der Waals surface area (Å²) in [5.74, 6) is 0. The molecule has 0 saturated carbocycles. The van der Waals surface area contributed by atoms with Gasteiger partial charge in [0.25, 0.3) is 0 Å². The lowest BCUT2D eigenvalue weighted by molar-refractivity contribution is 0.268. The van der Waals surface area contributed by atoms with Crippen molar-refractivity contribution < 1.29 is 5.11 Å². The summed E-state index contributed by atoms with van der Waals surface area (Å²) in [6.07, 6.45) is 1.84. The van der Waals surface area contributed by atoms with Crippen LogP contribution < -0.4 is 5.32 Å². The molecule has 0 atom stereocenters. The molecule has 0 saturated heterocycles. The number of benzene rings is 1. The van der Waals surface area contributed by atoms with E-state index in [1.807, 2.05) is 12.3 Å². The maximum atomic E-state index is 8.80. The van der Waals surface area contributed by atoms with E-state index in [0.29, 0.717) is 13.1 Å². The predicted molar refractivity (Wildman–Crippen MR) is 78.3 cm³/mol. The van der Waals surface area contributed by atoms with Crippen LogP contribution in [0.3, 0.4) is 0 Å². The summed E-state index contributed by atoms with van der Waals surface area (Å²) in [4.78, 5) is 0. The number of anilines is 1. The Labute approximate surface area is 119 Å². The van der Waals surface area contributed by atoms with Crippen molar-refractivity contribution in [2.45, 2.75) is 20.0 Å². The number of aliphatic hydroxyl groups excluding tert-OH is 1. The molecule has 1 aromatic carbocycles. The Kier molecular flexibility index (Phi) is 4.54. The zero-order valence-corrected chi connectivity index (χ0v) is 12.3. The Hall–Kier alpha value is -1.15. The van der Waals surface area contributed by atoms with Crippen LogP contribution in [0.2, 0.25) is 0 Å². The molecule has 0 amide bonds. The van der Waals surface area contributed by atoms with Gasteiger partial charge in [-0.2, -0.15) is 0 Å². The number of rotatable bonds is 5. The number of halogens is 1. The first-order chi connectivity index (χ1) is 8.70. The Balaban J connectivity index is 2.00. The fourth-order valence-corrected chi connectivity index (χ4v) is 2.11. The number of aromatic nitrogens is 3. The SMILES string of the molecule is Cc1c(I)cccc1NCc1cn(CCO)nn1. The van der Waals surface area contributed by atoms with Gasteiger partial charge in [0, 0.05) is 9.26 Å². The number of nitrogens with one attached hydrogen (secondary N) is 1. The van der Waals surface area contributed by atoms with Crippen molar-refractivity contribution in [3.63, 3.8) is 0 Å². The standard InChI is InChI=1S/C12H15IN4O/c1-9-11(13)3-2-4-12(9)14-7-10-8-17(5-6-18)16-15-10/h2-4,8,14,18H,5-7H2,1H3. The summed E-state index contributed by atoms with van der Waals surface area (Å²) in [5.41, 5.74) is 3.21. The van der Waals surface area contributed by atoms with Crippen molar-refractivity contribution in [3.05, 3.63) is 39.2 Å². The predicted octanol–water partition coefficient (Wildman–Crippen LogP) is 1.80. The van der Waals surface area contributed by atoms with Crippen molar-refractivity contribution in [2.24, 2.45) is 0 Å². The molecule has 0 unspecified atom stereocenters. The summed E-state index contributed by atoms with van der Waals surface area (Å²) in [6, 6.07) is 6.16. The molecule has 0 aliphatic heterocycles. The highest BCUT2D eigenvalue weighted by Crippen LogP contribution is 2.20. The smallest absolute Gasteiger partial charge is 0.102 e. The van der Waals surface area contributed by atoms with Crippen LogP contribution in [0.1, 0.15) is 11.3 Å². The fourth-order valence-electron chi connectivity index (χ4n) is 1.62. The minimum atomic E-state index is 0.0756. The molecule has 0 fully saturated rings. The molecule has 18 heavy (non-hydrogen) atoms. The first-order valence-corrected chi connectivity index (χ1v) is 6.77. The maximum absolute atomic E-state index is 8.80. The van der Waals surface area contributed by atoms with Gasteiger partial charge in [0.05, 0.1) is 25.9 Å². The summed E-state index contributed by atoms with van der Waals surface area (Å²) in [7, 11) is 0. The molecule has 6 heteroatoms. The average molecular weight is 358 g/mol. The molecule has 0 spiro atoms. The van der Waals surface area contributed by atoms with E-state index in [1.165, 1.54) is 9.13 Å². The topological polar surface area (TPSA) is 63.0 Å². The highest BCUT2D eigenvalue weighted by Gasteiger charge is 2.03.